The Labute approximate surface area is 248 Å². The third-order valence-corrected chi connectivity index (χ3v) is 5.97. The van der Waals surface area contributed by atoms with E-state index in [-0.39, 0.29) is 33.8 Å². The monoisotopic (exact) mass is 607 g/mol. The molecule has 4 rings (SSSR count). The Kier molecular flexibility index (Phi) is 9.99. The topological polar surface area (TPSA) is 123 Å². The number of benzene rings is 4. The zero-order valence-electron chi connectivity index (χ0n) is 21.5. The summed E-state index contributed by atoms with van der Waals surface area (Å²) in [6.07, 6.45) is 1.20. The number of carbonyl (C=O) groups excluding carboxylic acids is 4. The van der Waals surface area contributed by atoms with Crippen LogP contribution in [-0.2, 0) is 4.79 Å². The molecule has 0 aliphatic heterocycles. The second-order valence-electron chi connectivity index (χ2n) is 8.48. The van der Waals surface area contributed by atoms with Gasteiger partial charge in [0, 0.05) is 27.2 Å². The number of hydrazone groups is 1. The maximum atomic E-state index is 13.0. The molecule has 0 aromatic heterocycles. The van der Waals surface area contributed by atoms with Crippen molar-refractivity contribution < 1.29 is 33.0 Å². The van der Waals surface area contributed by atoms with E-state index < -0.39 is 36.1 Å². The second kappa shape index (κ2) is 14.0. The Hall–Kier alpha value is -5.06. The van der Waals surface area contributed by atoms with Crippen molar-refractivity contribution in [1.82, 2.24) is 10.7 Å². The van der Waals surface area contributed by atoms with Gasteiger partial charge < -0.3 is 14.8 Å². The lowest BCUT2D eigenvalue weighted by Crippen LogP contribution is -2.34. The highest BCUT2D eigenvalue weighted by molar-refractivity contribution is 6.31. The van der Waals surface area contributed by atoms with Crippen molar-refractivity contribution in [1.29, 1.82) is 0 Å². The van der Waals surface area contributed by atoms with E-state index in [4.69, 9.17) is 32.7 Å². The quantitative estimate of drug-likeness (QED) is 0.113. The first-order valence-electron chi connectivity index (χ1n) is 12.1. The van der Waals surface area contributed by atoms with E-state index >= 15 is 0 Å². The third kappa shape index (κ3) is 8.47. The summed E-state index contributed by atoms with van der Waals surface area (Å²) < 4.78 is 24.0. The first-order chi connectivity index (χ1) is 20.2. The maximum Gasteiger partial charge on any atom is 0.343 e. The van der Waals surface area contributed by atoms with Gasteiger partial charge in [0.2, 0.25) is 0 Å². The van der Waals surface area contributed by atoms with Crippen LogP contribution in [0.5, 0.6) is 11.5 Å². The summed E-state index contributed by atoms with van der Waals surface area (Å²) in [4.78, 5) is 49.6. The molecular formula is C30H20Cl2FN3O6. The maximum absolute atomic E-state index is 13.0. The number of amides is 2. The van der Waals surface area contributed by atoms with Crippen LogP contribution in [0.15, 0.2) is 96.1 Å². The van der Waals surface area contributed by atoms with Gasteiger partial charge in [-0.1, -0.05) is 23.2 Å². The molecule has 0 radical (unpaired) electrons. The first kappa shape index (κ1) is 29.9. The fourth-order valence-corrected chi connectivity index (χ4v) is 3.60. The van der Waals surface area contributed by atoms with Crippen LogP contribution in [0.25, 0.3) is 0 Å². The van der Waals surface area contributed by atoms with Gasteiger partial charge in [-0.05, 0) is 84.9 Å². The van der Waals surface area contributed by atoms with Crippen molar-refractivity contribution in [2.75, 3.05) is 6.54 Å². The highest BCUT2D eigenvalue weighted by Gasteiger charge is 2.15. The molecule has 0 spiro atoms. The molecular weight excluding hydrogens is 588 g/mol. The number of carbonyl (C=O) groups is 4. The standard InChI is InChI=1S/C30H20Cl2FN3O6/c31-22-8-1-19(2-9-22)29(39)41-25-14-7-21(26(15-25)42-30(40)20-3-10-23(32)11-4-20)16-35-36-27(37)17-34-28(38)18-5-12-24(33)13-6-18/h1-16H,17H2,(H,34,38)(H,36,37). The minimum Gasteiger partial charge on any atom is -0.423 e. The predicted molar refractivity (Wildman–Crippen MR) is 154 cm³/mol. The van der Waals surface area contributed by atoms with E-state index in [0.717, 1.165) is 12.1 Å². The van der Waals surface area contributed by atoms with Crippen LogP contribution in [0.4, 0.5) is 4.39 Å². The van der Waals surface area contributed by atoms with E-state index in [1.54, 1.807) is 12.1 Å². The van der Waals surface area contributed by atoms with Crippen molar-refractivity contribution in [3.63, 3.8) is 0 Å². The number of hydrogen-bond acceptors (Lipinski definition) is 7. The summed E-state index contributed by atoms with van der Waals surface area (Å²) in [5, 5.41) is 7.12. The van der Waals surface area contributed by atoms with E-state index in [9.17, 15) is 23.6 Å². The van der Waals surface area contributed by atoms with E-state index in [1.165, 1.54) is 72.9 Å². The molecule has 0 saturated carbocycles. The molecule has 0 atom stereocenters. The number of nitrogens with one attached hydrogen (secondary N) is 2. The summed E-state index contributed by atoms with van der Waals surface area (Å²) in [7, 11) is 0. The lowest BCUT2D eigenvalue weighted by atomic mass is 10.2. The normalized spacial score (nSPS) is 10.6. The van der Waals surface area contributed by atoms with Crippen molar-refractivity contribution in [3.05, 3.63) is 129 Å². The molecule has 0 saturated heterocycles. The minimum atomic E-state index is -0.727. The van der Waals surface area contributed by atoms with Gasteiger partial charge in [0.15, 0.2) is 0 Å². The molecule has 0 heterocycles. The van der Waals surface area contributed by atoms with Crippen LogP contribution in [-0.4, -0.2) is 36.5 Å². The summed E-state index contributed by atoms with van der Waals surface area (Å²) in [6.45, 7) is -0.411. The van der Waals surface area contributed by atoms with Gasteiger partial charge in [-0.25, -0.2) is 19.4 Å². The molecule has 0 unspecified atom stereocenters. The predicted octanol–water partition coefficient (Wildman–Crippen LogP) is 5.45. The molecule has 42 heavy (non-hydrogen) atoms. The molecule has 12 heteroatoms. The molecule has 0 aliphatic carbocycles. The van der Waals surface area contributed by atoms with Gasteiger partial charge in [-0.2, -0.15) is 5.10 Å². The number of rotatable bonds is 9. The number of esters is 2. The van der Waals surface area contributed by atoms with Crippen molar-refractivity contribution in [3.8, 4) is 11.5 Å². The molecule has 4 aromatic carbocycles. The lowest BCUT2D eigenvalue weighted by molar-refractivity contribution is -0.120. The van der Waals surface area contributed by atoms with Gasteiger partial charge in [-0.15, -0.1) is 0 Å². The zero-order valence-corrected chi connectivity index (χ0v) is 23.0. The van der Waals surface area contributed by atoms with E-state index in [0.29, 0.717) is 10.0 Å². The molecule has 0 aliphatic rings. The number of nitrogens with zero attached hydrogens (tertiary/aromatic N) is 1. The lowest BCUT2D eigenvalue weighted by Gasteiger charge is -2.11. The second-order valence-corrected chi connectivity index (χ2v) is 9.35. The van der Waals surface area contributed by atoms with Crippen LogP contribution in [0.1, 0.15) is 36.6 Å². The summed E-state index contributed by atoms with van der Waals surface area (Å²) >= 11 is 11.8. The third-order valence-electron chi connectivity index (χ3n) is 5.47. The Balaban J connectivity index is 1.46. The Morgan fingerprint density at radius 3 is 1.88 bits per heavy atom. The van der Waals surface area contributed by atoms with Crippen LogP contribution in [0, 0.1) is 5.82 Å². The fraction of sp³-hybridized carbons (Fsp3) is 0.0333. The smallest absolute Gasteiger partial charge is 0.343 e. The molecule has 0 fully saturated rings. The van der Waals surface area contributed by atoms with Gasteiger partial charge in [0.05, 0.1) is 23.9 Å². The zero-order chi connectivity index (χ0) is 30.1. The summed E-state index contributed by atoms with van der Waals surface area (Å²) in [6, 6.07) is 21.1. The largest absolute Gasteiger partial charge is 0.423 e. The summed E-state index contributed by atoms with van der Waals surface area (Å²) in [5.41, 5.74) is 3.12. The van der Waals surface area contributed by atoms with Gasteiger partial charge in [0.25, 0.3) is 11.8 Å². The Morgan fingerprint density at radius 2 is 1.29 bits per heavy atom. The minimum absolute atomic E-state index is 0.0287. The first-order valence-corrected chi connectivity index (χ1v) is 12.9. The Bertz CT molecular complexity index is 1640. The van der Waals surface area contributed by atoms with Crippen LogP contribution in [0.2, 0.25) is 10.0 Å². The molecule has 212 valence electrons. The number of hydrogen-bond donors (Lipinski definition) is 2. The number of halogens is 3. The number of ether oxygens (including phenoxy) is 2. The van der Waals surface area contributed by atoms with Gasteiger partial charge in [0.1, 0.15) is 17.3 Å². The fourth-order valence-electron chi connectivity index (χ4n) is 3.35. The molecule has 4 aromatic rings. The highest BCUT2D eigenvalue weighted by Crippen LogP contribution is 2.26. The van der Waals surface area contributed by atoms with Crippen molar-refractivity contribution in [2.24, 2.45) is 5.10 Å². The van der Waals surface area contributed by atoms with Gasteiger partial charge in [-0.3, -0.25) is 9.59 Å². The molecule has 2 amide bonds. The van der Waals surface area contributed by atoms with Gasteiger partial charge >= 0.3 is 11.9 Å². The average molecular weight is 608 g/mol. The Morgan fingerprint density at radius 1 is 0.738 bits per heavy atom. The van der Waals surface area contributed by atoms with E-state index in [1.807, 2.05) is 0 Å². The molecule has 2 N–H and O–H groups in total. The van der Waals surface area contributed by atoms with Crippen LogP contribution >= 0.6 is 23.2 Å². The van der Waals surface area contributed by atoms with Crippen LogP contribution in [0.3, 0.4) is 0 Å². The molecule has 0 bridgehead atoms. The molecule has 9 nitrogen and oxygen atoms in total. The summed E-state index contributed by atoms with van der Waals surface area (Å²) in [5.74, 6) is -3.08. The van der Waals surface area contributed by atoms with Crippen molar-refractivity contribution in [2.45, 2.75) is 0 Å². The van der Waals surface area contributed by atoms with Crippen molar-refractivity contribution >= 4 is 53.2 Å². The highest BCUT2D eigenvalue weighted by atomic mass is 35.5. The average Bonchev–Trinajstić information content (AvgIpc) is 2.98. The SMILES string of the molecule is O=C(CNC(=O)c1ccc(F)cc1)NN=Cc1ccc(OC(=O)c2ccc(Cl)cc2)cc1OC(=O)c1ccc(Cl)cc1. The van der Waals surface area contributed by atoms with E-state index in [2.05, 4.69) is 15.8 Å². The van der Waals surface area contributed by atoms with Crippen LogP contribution < -0.4 is 20.2 Å².